The van der Waals surface area contributed by atoms with Crippen molar-refractivity contribution in [3.05, 3.63) is 39.6 Å². The summed E-state index contributed by atoms with van der Waals surface area (Å²) in [5.74, 6) is -2.26. The van der Waals surface area contributed by atoms with Gasteiger partial charge in [0, 0.05) is 9.65 Å². The van der Waals surface area contributed by atoms with E-state index < -0.39 is 45.8 Å². The van der Waals surface area contributed by atoms with Gasteiger partial charge in [-0.1, -0.05) is 17.7 Å². The van der Waals surface area contributed by atoms with Gasteiger partial charge in [0.15, 0.2) is 0 Å². The molecular formula is C19H19ClFN3O4S2. The number of rotatable bonds is 4. The number of thioether (sulfide) groups is 2. The first kappa shape index (κ1) is 21.3. The maximum absolute atomic E-state index is 14.4. The first-order valence-electron chi connectivity index (χ1n) is 9.13. The Morgan fingerprint density at radius 3 is 2.70 bits per heavy atom. The van der Waals surface area contributed by atoms with Crippen LogP contribution in [0.5, 0.6) is 0 Å². The topological polar surface area (TPSA) is 90.0 Å². The predicted molar refractivity (Wildman–Crippen MR) is 115 cm³/mol. The fourth-order valence-electron chi connectivity index (χ4n) is 4.05. The van der Waals surface area contributed by atoms with Gasteiger partial charge in [-0.2, -0.15) is 0 Å². The average Bonchev–Trinajstić information content (AvgIpc) is 3.14. The number of aliphatic carboxylic acids is 1. The van der Waals surface area contributed by atoms with Crippen LogP contribution in [0.4, 0.5) is 10.1 Å². The maximum atomic E-state index is 14.4. The summed E-state index contributed by atoms with van der Waals surface area (Å²) in [5, 5.41) is 12.0. The van der Waals surface area contributed by atoms with E-state index in [1.165, 1.54) is 45.5 Å². The molecule has 2 fully saturated rings. The Hall–Kier alpha value is -1.91. The number of β-lactam (4-membered cyclic amide) rings is 1. The second-order valence-corrected chi connectivity index (χ2v) is 11.1. The van der Waals surface area contributed by atoms with Crippen molar-refractivity contribution >= 4 is 58.6 Å². The monoisotopic (exact) mass is 471 g/mol. The van der Waals surface area contributed by atoms with Crippen molar-refractivity contribution < 1.29 is 23.9 Å². The molecule has 160 valence electrons. The fraction of sp³-hybridized carbons (Fsp3) is 0.421. The molecule has 3 atom stereocenters. The molecule has 0 aliphatic carbocycles. The Labute approximate surface area is 186 Å². The van der Waals surface area contributed by atoms with Crippen molar-refractivity contribution in [3.8, 4) is 0 Å². The van der Waals surface area contributed by atoms with Gasteiger partial charge in [-0.25, -0.2) is 9.18 Å². The standard InChI is InChI=1S/C19H19ClFN3O4S2/c1-8-12(23(7-29-8)13-9(20)5-4-6-10(13)21)15(25)22-11-16(26)24-14(18(27)28)19(2,3)30-17(11)24/h4-6,11,14,17H,7H2,1-3H3,(H,22,25)(H,27,28). The number of allylic oxidation sites excluding steroid dienone is 1. The summed E-state index contributed by atoms with van der Waals surface area (Å²) in [6, 6.07) is 2.51. The lowest BCUT2D eigenvalue weighted by molar-refractivity contribution is -0.160. The molecule has 2 N–H and O–H groups in total. The van der Waals surface area contributed by atoms with Crippen molar-refractivity contribution in [2.45, 2.75) is 43.0 Å². The number of halogens is 2. The minimum atomic E-state index is -1.07. The van der Waals surface area contributed by atoms with Gasteiger partial charge in [0.25, 0.3) is 5.91 Å². The molecule has 4 rings (SSSR count). The van der Waals surface area contributed by atoms with E-state index in [1.54, 1.807) is 26.8 Å². The van der Waals surface area contributed by atoms with Crippen LogP contribution in [0.25, 0.3) is 0 Å². The van der Waals surface area contributed by atoms with Crippen molar-refractivity contribution in [3.63, 3.8) is 0 Å². The fourth-order valence-corrected chi connectivity index (χ4v) is 6.86. The number of benzene rings is 1. The van der Waals surface area contributed by atoms with Crippen LogP contribution in [0.1, 0.15) is 20.8 Å². The summed E-state index contributed by atoms with van der Waals surface area (Å²) in [7, 11) is 0. The third kappa shape index (κ3) is 3.16. The molecule has 0 bridgehead atoms. The Morgan fingerprint density at radius 2 is 2.07 bits per heavy atom. The molecule has 0 aromatic heterocycles. The zero-order chi connectivity index (χ0) is 22.0. The SMILES string of the molecule is CC1=C(C(=O)NC2C(=O)N3C2SC(C)(C)C3C(=O)O)N(c2c(F)cccc2Cl)CS1. The van der Waals surface area contributed by atoms with E-state index in [-0.39, 0.29) is 16.4 Å². The predicted octanol–water partition coefficient (Wildman–Crippen LogP) is 2.85. The number of fused-ring (bicyclic) bond motifs is 1. The number of hydrogen-bond acceptors (Lipinski definition) is 6. The van der Waals surface area contributed by atoms with Crippen LogP contribution in [0.15, 0.2) is 28.8 Å². The molecule has 3 aliphatic heterocycles. The Kier molecular flexibility index (Phi) is 5.22. The highest BCUT2D eigenvalue weighted by atomic mass is 35.5. The van der Waals surface area contributed by atoms with Crippen molar-refractivity contribution in [2.75, 3.05) is 10.8 Å². The minimum Gasteiger partial charge on any atom is -0.480 e. The lowest BCUT2D eigenvalue weighted by Gasteiger charge is -2.43. The van der Waals surface area contributed by atoms with Crippen LogP contribution in [0.2, 0.25) is 5.02 Å². The van der Waals surface area contributed by atoms with Crippen molar-refractivity contribution in [1.82, 2.24) is 10.2 Å². The highest BCUT2D eigenvalue weighted by Gasteiger charge is 2.64. The zero-order valence-electron chi connectivity index (χ0n) is 16.3. The molecule has 0 spiro atoms. The van der Waals surface area contributed by atoms with Crippen molar-refractivity contribution in [1.29, 1.82) is 0 Å². The molecule has 2 saturated heterocycles. The molecule has 2 amide bonds. The lowest BCUT2D eigenvalue weighted by atomic mass is 9.96. The molecule has 0 radical (unpaired) electrons. The van der Waals surface area contributed by atoms with Gasteiger partial charge in [0.2, 0.25) is 5.91 Å². The van der Waals surface area contributed by atoms with E-state index in [9.17, 15) is 23.9 Å². The second-order valence-electron chi connectivity index (χ2n) is 7.73. The van der Waals surface area contributed by atoms with Gasteiger partial charge in [0.1, 0.15) is 29.0 Å². The largest absolute Gasteiger partial charge is 0.480 e. The Bertz CT molecular complexity index is 982. The van der Waals surface area contributed by atoms with E-state index >= 15 is 0 Å². The number of hydrogen-bond donors (Lipinski definition) is 2. The number of nitrogens with zero attached hydrogens (tertiary/aromatic N) is 2. The number of para-hydroxylation sites is 1. The van der Waals surface area contributed by atoms with Crippen molar-refractivity contribution in [2.24, 2.45) is 0 Å². The van der Waals surface area contributed by atoms with Gasteiger partial charge < -0.3 is 20.2 Å². The minimum absolute atomic E-state index is 0.109. The summed E-state index contributed by atoms with van der Waals surface area (Å²) in [5.41, 5.74) is 0.341. The number of carbonyl (C=O) groups is 3. The van der Waals surface area contributed by atoms with Crippen LogP contribution in [-0.4, -0.2) is 55.9 Å². The summed E-state index contributed by atoms with van der Waals surface area (Å²) in [6.45, 7) is 5.28. The van der Waals surface area contributed by atoms with E-state index in [1.807, 2.05) is 0 Å². The van der Waals surface area contributed by atoms with Gasteiger partial charge in [-0.3, -0.25) is 9.59 Å². The number of carboxylic acid groups (broad SMARTS) is 1. The van der Waals surface area contributed by atoms with Crippen LogP contribution < -0.4 is 10.2 Å². The molecule has 3 aliphatic rings. The first-order chi connectivity index (χ1) is 14.0. The summed E-state index contributed by atoms with van der Waals surface area (Å²) in [6.07, 6.45) is 0. The molecule has 3 heterocycles. The van der Waals surface area contributed by atoms with Gasteiger partial charge in [-0.15, -0.1) is 23.5 Å². The van der Waals surface area contributed by atoms with E-state index in [2.05, 4.69) is 5.32 Å². The van der Waals surface area contributed by atoms with Gasteiger partial charge in [0.05, 0.1) is 16.6 Å². The lowest BCUT2D eigenvalue weighted by Crippen LogP contribution is -2.70. The number of carbonyl (C=O) groups excluding carboxylic acids is 2. The number of carboxylic acids is 1. The molecule has 30 heavy (non-hydrogen) atoms. The van der Waals surface area contributed by atoms with E-state index in [4.69, 9.17) is 11.6 Å². The summed E-state index contributed by atoms with van der Waals surface area (Å²) < 4.78 is 13.8. The number of amides is 2. The summed E-state index contributed by atoms with van der Waals surface area (Å²) >= 11 is 8.90. The number of anilines is 1. The van der Waals surface area contributed by atoms with E-state index in [0.29, 0.717) is 10.8 Å². The third-order valence-electron chi connectivity index (χ3n) is 5.40. The molecule has 7 nitrogen and oxygen atoms in total. The summed E-state index contributed by atoms with van der Waals surface area (Å²) in [4.78, 5) is 40.9. The molecule has 3 unspecified atom stereocenters. The van der Waals surface area contributed by atoms with Crippen LogP contribution >= 0.6 is 35.1 Å². The molecular weight excluding hydrogens is 453 g/mol. The smallest absolute Gasteiger partial charge is 0.327 e. The van der Waals surface area contributed by atoms with Gasteiger partial charge in [-0.05, 0) is 32.9 Å². The zero-order valence-corrected chi connectivity index (χ0v) is 18.7. The van der Waals surface area contributed by atoms with Crippen LogP contribution in [0, 0.1) is 5.82 Å². The second kappa shape index (κ2) is 7.35. The molecule has 0 saturated carbocycles. The third-order valence-corrected chi connectivity index (χ3v) is 8.29. The molecule has 11 heteroatoms. The number of nitrogens with one attached hydrogen (secondary N) is 1. The molecule has 1 aromatic rings. The first-order valence-corrected chi connectivity index (χ1v) is 11.4. The highest BCUT2D eigenvalue weighted by Crippen LogP contribution is 2.51. The quantitative estimate of drug-likeness (QED) is 0.652. The maximum Gasteiger partial charge on any atom is 0.327 e. The Morgan fingerprint density at radius 1 is 1.37 bits per heavy atom. The highest BCUT2D eigenvalue weighted by molar-refractivity contribution is 8.03. The molecule has 1 aromatic carbocycles. The van der Waals surface area contributed by atoms with Gasteiger partial charge >= 0.3 is 5.97 Å². The normalized spacial score (nSPS) is 27.2. The Balaban J connectivity index is 1.57. The average molecular weight is 472 g/mol. The van der Waals surface area contributed by atoms with Crippen LogP contribution in [0.3, 0.4) is 0 Å². The van der Waals surface area contributed by atoms with E-state index in [0.717, 1.165) is 0 Å². The van der Waals surface area contributed by atoms with Crippen LogP contribution in [-0.2, 0) is 14.4 Å².